The van der Waals surface area contributed by atoms with Gasteiger partial charge >= 0.3 is 0 Å². The van der Waals surface area contributed by atoms with E-state index in [1.807, 2.05) is 6.07 Å². The summed E-state index contributed by atoms with van der Waals surface area (Å²) in [5, 5.41) is 18.5. The lowest BCUT2D eigenvalue weighted by atomic mass is 10.0. The van der Waals surface area contributed by atoms with E-state index in [0.717, 1.165) is 0 Å². The SMILES string of the molecule is Cn1c(-c2ccc(F)cc2)cc(O)c(C(=N)c2ccccc2)c1=O. The molecule has 0 saturated heterocycles. The molecule has 0 amide bonds. The van der Waals surface area contributed by atoms with Gasteiger partial charge in [-0.25, -0.2) is 4.39 Å². The van der Waals surface area contributed by atoms with Crippen molar-refractivity contribution in [3.8, 4) is 17.0 Å². The van der Waals surface area contributed by atoms with Gasteiger partial charge in [0.2, 0.25) is 0 Å². The number of rotatable bonds is 3. The number of aromatic hydroxyl groups is 1. The molecule has 0 aliphatic carbocycles. The number of nitrogens with one attached hydrogen (secondary N) is 1. The van der Waals surface area contributed by atoms with Crippen molar-refractivity contribution >= 4 is 5.71 Å². The fourth-order valence-corrected chi connectivity index (χ4v) is 2.57. The Morgan fingerprint density at radius 2 is 1.71 bits per heavy atom. The zero-order valence-electron chi connectivity index (χ0n) is 13.0. The third kappa shape index (κ3) is 2.72. The number of hydrogen-bond acceptors (Lipinski definition) is 3. The minimum absolute atomic E-state index is 0.0423. The largest absolute Gasteiger partial charge is 0.507 e. The second-order valence-corrected chi connectivity index (χ2v) is 5.40. The Morgan fingerprint density at radius 3 is 2.33 bits per heavy atom. The van der Waals surface area contributed by atoms with E-state index in [1.165, 1.54) is 34.9 Å². The monoisotopic (exact) mass is 322 g/mol. The van der Waals surface area contributed by atoms with Gasteiger partial charge in [0.15, 0.2) is 0 Å². The van der Waals surface area contributed by atoms with Crippen LogP contribution in [0, 0.1) is 11.2 Å². The van der Waals surface area contributed by atoms with Gasteiger partial charge in [-0.1, -0.05) is 30.3 Å². The van der Waals surface area contributed by atoms with Crippen LogP contribution in [0.25, 0.3) is 11.3 Å². The highest BCUT2D eigenvalue weighted by molar-refractivity contribution is 6.12. The van der Waals surface area contributed by atoms with Crippen LogP contribution >= 0.6 is 0 Å². The molecule has 120 valence electrons. The van der Waals surface area contributed by atoms with E-state index in [2.05, 4.69) is 0 Å². The number of benzene rings is 2. The minimum atomic E-state index is -0.483. The van der Waals surface area contributed by atoms with Gasteiger partial charge in [-0.2, -0.15) is 0 Å². The van der Waals surface area contributed by atoms with Crippen molar-refractivity contribution in [1.29, 1.82) is 5.41 Å². The van der Waals surface area contributed by atoms with E-state index < -0.39 is 5.56 Å². The molecule has 0 spiro atoms. The molecule has 1 heterocycles. The van der Waals surface area contributed by atoms with E-state index in [1.54, 1.807) is 31.3 Å². The normalized spacial score (nSPS) is 10.6. The first-order chi connectivity index (χ1) is 11.5. The van der Waals surface area contributed by atoms with Gasteiger partial charge < -0.3 is 9.67 Å². The zero-order chi connectivity index (χ0) is 17.3. The van der Waals surface area contributed by atoms with Crippen LogP contribution in [0.5, 0.6) is 5.75 Å². The van der Waals surface area contributed by atoms with Crippen LogP contribution < -0.4 is 5.56 Å². The number of halogens is 1. The molecule has 0 radical (unpaired) electrons. The molecule has 1 aromatic heterocycles. The molecule has 4 nitrogen and oxygen atoms in total. The summed E-state index contributed by atoms with van der Waals surface area (Å²) in [7, 11) is 1.56. The topological polar surface area (TPSA) is 66.1 Å². The molecule has 0 fully saturated rings. The van der Waals surface area contributed by atoms with Gasteiger partial charge in [0.05, 0.1) is 11.4 Å². The maximum absolute atomic E-state index is 13.1. The molecule has 3 rings (SSSR count). The summed E-state index contributed by atoms with van der Waals surface area (Å²) in [5.41, 5.74) is 1.00. The average molecular weight is 322 g/mol. The Bertz CT molecular complexity index is 961. The number of hydrogen-bond donors (Lipinski definition) is 2. The van der Waals surface area contributed by atoms with Crippen molar-refractivity contribution in [2.24, 2.45) is 7.05 Å². The summed E-state index contributed by atoms with van der Waals surface area (Å²) in [4.78, 5) is 12.7. The standard InChI is InChI=1S/C19H15FN2O2/c1-22-15(12-7-9-14(20)10-8-12)11-16(23)17(19(22)24)18(21)13-5-3-2-4-6-13/h2-11,21,23H,1H3. The van der Waals surface area contributed by atoms with Crippen LogP contribution in [0.15, 0.2) is 65.5 Å². The third-order valence-electron chi connectivity index (χ3n) is 3.86. The third-order valence-corrected chi connectivity index (χ3v) is 3.86. The van der Waals surface area contributed by atoms with Gasteiger partial charge in [0.25, 0.3) is 5.56 Å². The van der Waals surface area contributed by atoms with Crippen LogP contribution in [0.4, 0.5) is 4.39 Å². The van der Waals surface area contributed by atoms with Crippen molar-refractivity contribution in [3.63, 3.8) is 0 Å². The van der Waals surface area contributed by atoms with Crippen molar-refractivity contribution in [3.05, 3.63) is 88.0 Å². The molecule has 0 bridgehead atoms. The Hall–Kier alpha value is -3.21. The summed E-state index contributed by atoms with van der Waals surface area (Å²) in [6.45, 7) is 0. The summed E-state index contributed by atoms with van der Waals surface area (Å²) in [5.74, 6) is -0.651. The highest BCUT2D eigenvalue weighted by atomic mass is 19.1. The smallest absolute Gasteiger partial charge is 0.264 e. The lowest BCUT2D eigenvalue weighted by molar-refractivity contribution is 0.471. The summed E-state index contributed by atoms with van der Waals surface area (Å²) in [6.07, 6.45) is 0. The first-order valence-corrected chi connectivity index (χ1v) is 7.32. The Morgan fingerprint density at radius 1 is 1.08 bits per heavy atom. The van der Waals surface area contributed by atoms with Crippen molar-refractivity contribution in [2.45, 2.75) is 0 Å². The van der Waals surface area contributed by atoms with Gasteiger partial charge in [0.1, 0.15) is 17.1 Å². The van der Waals surface area contributed by atoms with Crippen LogP contribution in [0.2, 0.25) is 0 Å². The molecule has 0 saturated carbocycles. The predicted octanol–water partition coefficient (Wildman–Crippen LogP) is 3.31. The summed E-state index contributed by atoms with van der Waals surface area (Å²) >= 11 is 0. The molecular formula is C19H15FN2O2. The molecular weight excluding hydrogens is 307 g/mol. The first kappa shape index (κ1) is 15.7. The fourth-order valence-electron chi connectivity index (χ4n) is 2.57. The first-order valence-electron chi connectivity index (χ1n) is 7.32. The van der Waals surface area contributed by atoms with Crippen LogP contribution in [0.1, 0.15) is 11.1 Å². The lowest BCUT2D eigenvalue weighted by Crippen LogP contribution is -2.26. The van der Waals surface area contributed by atoms with E-state index in [9.17, 15) is 14.3 Å². The second-order valence-electron chi connectivity index (χ2n) is 5.40. The summed E-state index contributed by atoms with van der Waals surface area (Å²) in [6, 6.07) is 15.8. The molecule has 0 aliphatic heterocycles. The quantitative estimate of drug-likeness (QED) is 0.727. The minimum Gasteiger partial charge on any atom is -0.507 e. The van der Waals surface area contributed by atoms with E-state index in [-0.39, 0.29) is 22.8 Å². The number of aromatic nitrogens is 1. The highest BCUT2D eigenvalue weighted by Crippen LogP contribution is 2.25. The Labute approximate surface area is 138 Å². The van der Waals surface area contributed by atoms with Crippen molar-refractivity contribution in [1.82, 2.24) is 4.57 Å². The molecule has 0 atom stereocenters. The molecule has 3 aromatic rings. The second kappa shape index (κ2) is 6.12. The number of nitrogens with zero attached hydrogens (tertiary/aromatic N) is 1. The van der Waals surface area contributed by atoms with Crippen molar-refractivity contribution in [2.75, 3.05) is 0 Å². The molecule has 5 heteroatoms. The molecule has 24 heavy (non-hydrogen) atoms. The predicted molar refractivity (Wildman–Crippen MR) is 91.1 cm³/mol. The van der Waals surface area contributed by atoms with Gasteiger partial charge in [-0.05, 0) is 29.8 Å². The van der Waals surface area contributed by atoms with Gasteiger partial charge in [-0.15, -0.1) is 0 Å². The van der Waals surface area contributed by atoms with E-state index in [4.69, 9.17) is 5.41 Å². The van der Waals surface area contributed by atoms with E-state index in [0.29, 0.717) is 16.8 Å². The molecule has 0 unspecified atom stereocenters. The Kier molecular flexibility index (Phi) is 4.00. The molecule has 2 aromatic carbocycles. The van der Waals surface area contributed by atoms with E-state index >= 15 is 0 Å². The van der Waals surface area contributed by atoms with Gasteiger partial charge in [-0.3, -0.25) is 10.2 Å². The van der Waals surface area contributed by atoms with Crippen LogP contribution in [-0.4, -0.2) is 15.4 Å². The lowest BCUT2D eigenvalue weighted by Gasteiger charge is -2.13. The maximum Gasteiger partial charge on any atom is 0.264 e. The van der Waals surface area contributed by atoms with Crippen molar-refractivity contribution < 1.29 is 9.50 Å². The van der Waals surface area contributed by atoms with Gasteiger partial charge in [0, 0.05) is 18.7 Å². The zero-order valence-corrected chi connectivity index (χ0v) is 13.0. The Balaban J connectivity index is 2.15. The highest BCUT2D eigenvalue weighted by Gasteiger charge is 2.18. The maximum atomic E-state index is 13.1. The molecule has 2 N–H and O–H groups in total. The van der Waals surface area contributed by atoms with Crippen LogP contribution in [0.3, 0.4) is 0 Å². The number of pyridine rings is 1. The molecule has 0 aliphatic rings. The average Bonchev–Trinajstić information content (AvgIpc) is 2.60. The summed E-state index contributed by atoms with van der Waals surface area (Å²) < 4.78 is 14.4. The van der Waals surface area contributed by atoms with Crippen LogP contribution in [-0.2, 0) is 7.05 Å². The fraction of sp³-hybridized carbons (Fsp3) is 0.0526.